The molecule has 7 heteroatoms. The number of thiazole rings is 1. The molecule has 0 spiro atoms. The summed E-state index contributed by atoms with van der Waals surface area (Å²) >= 11 is 1.53. The predicted molar refractivity (Wildman–Crippen MR) is 62.5 cm³/mol. The molecular formula is C9H9N5OS. The average molecular weight is 235 g/mol. The highest BCUT2D eigenvalue weighted by molar-refractivity contribution is 7.15. The second-order valence-corrected chi connectivity index (χ2v) is 4.32. The van der Waals surface area contributed by atoms with Crippen LogP contribution in [0.25, 0.3) is 16.3 Å². The van der Waals surface area contributed by atoms with E-state index in [-0.39, 0.29) is 5.69 Å². The van der Waals surface area contributed by atoms with Crippen LogP contribution in [0.15, 0.2) is 22.6 Å². The van der Waals surface area contributed by atoms with E-state index >= 15 is 0 Å². The molecule has 3 aromatic rings. The SMILES string of the molecule is Cn1c(N)c(-c2cnc3sccn23)[nH]c1=O. The maximum atomic E-state index is 11.4. The fourth-order valence-electron chi connectivity index (χ4n) is 1.64. The number of nitrogens with zero attached hydrogens (tertiary/aromatic N) is 3. The molecule has 0 aromatic carbocycles. The van der Waals surface area contributed by atoms with Crippen LogP contribution in [0.4, 0.5) is 5.82 Å². The van der Waals surface area contributed by atoms with Gasteiger partial charge in [-0.05, 0) is 0 Å². The van der Waals surface area contributed by atoms with Gasteiger partial charge in [-0.25, -0.2) is 9.78 Å². The first-order valence-corrected chi connectivity index (χ1v) is 5.52. The van der Waals surface area contributed by atoms with Crippen molar-refractivity contribution < 1.29 is 0 Å². The third-order valence-corrected chi connectivity index (χ3v) is 3.33. The minimum absolute atomic E-state index is 0.224. The number of aromatic amines is 1. The summed E-state index contributed by atoms with van der Waals surface area (Å²) in [6.07, 6.45) is 3.60. The quantitative estimate of drug-likeness (QED) is 0.650. The van der Waals surface area contributed by atoms with Gasteiger partial charge in [0.1, 0.15) is 11.5 Å². The zero-order chi connectivity index (χ0) is 11.3. The van der Waals surface area contributed by atoms with E-state index in [9.17, 15) is 4.79 Å². The van der Waals surface area contributed by atoms with Crippen molar-refractivity contribution in [2.24, 2.45) is 7.05 Å². The van der Waals surface area contributed by atoms with Crippen LogP contribution >= 0.6 is 11.3 Å². The lowest BCUT2D eigenvalue weighted by atomic mass is 10.3. The summed E-state index contributed by atoms with van der Waals surface area (Å²) in [6.45, 7) is 0. The van der Waals surface area contributed by atoms with Crippen molar-refractivity contribution >= 4 is 22.1 Å². The summed E-state index contributed by atoms with van der Waals surface area (Å²) in [6, 6.07) is 0. The van der Waals surface area contributed by atoms with Crippen LogP contribution in [0.5, 0.6) is 0 Å². The molecule has 0 atom stereocenters. The number of anilines is 1. The topological polar surface area (TPSA) is 81.1 Å². The Labute approximate surface area is 94.0 Å². The van der Waals surface area contributed by atoms with Crippen molar-refractivity contribution in [3.8, 4) is 11.4 Å². The molecule has 6 nitrogen and oxygen atoms in total. The smallest absolute Gasteiger partial charge is 0.327 e. The highest BCUT2D eigenvalue weighted by Gasteiger charge is 2.14. The van der Waals surface area contributed by atoms with Gasteiger partial charge < -0.3 is 10.7 Å². The van der Waals surface area contributed by atoms with E-state index in [0.29, 0.717) is 11.5 Å². The fourth-order valence-corrected chi connectivity index (χ4v) is 2.33. The number of nitrogen functional groups attached to an aromatic ring is 1. The summed E-state index contributed by atoms with van der Waals surface area (Å²) in [4.78, 5) is 19.3. The van der Waals surface area contributed by atoms with Gasteiger partial charge in [-0.2, -0.15) is 0 Å². The lowest BCUT2D eigenvalue weighted by Gasteiger charge is -1.98. The molecule has 0 saturated heterocycles. The minimum atomic E-state index is -0.224. The standard InChI is InChI=1S/C9H9N5OS/c1-13-7(10)6(12-8(13)15)5-4-11-9-14(5)2-3-16-9/h2-4H,10H2,1H3,(H,12,15). The molecule has 0 aliphatic rings. The number of H-pyrrole nitrogens is 1. The molecule has 0 fully saturated rings. The van der Waals surface area contributed by atoms with Crippen molar-refractivity contribution in [1.82, 2.24) is 18.9 Å². The Morgan fingerprint density at radius 3 is 3.06 bits per heavy atom. The van der Waals surface area contributed by atoms with Gasteiger partial charge in [0.25, 0.3) is 0 Å². The average Bonchev–Trinajstić information content (AvgIpc) is 2.90. The van der Waals surface area contributed by atoms with Gasteiger partial charge in [0, 0.05) is 18.6 Å². The number of hydrogen-bond acceptors (Lipinski definition) is 4. The molecule has 0 aliphatic heterocycles. The highest BCUT2D eigenvalue weighted by atomic mass is 32.1. The Morgan fingerprint density at radius 1 is 1.56 bits per heavy atom. The summed E-state index contributed by atoms with van der Waals surface area (Å²) in [5, 5.41) is 1.93. The first kappa shape index (κ1) is 9.22. The van der Waals surface area contributed by atoms with E-state index < -0.39 is 0 Å². The molecule has 3 heterocycles. The van der Waals surface area contributed by atoms with E-state index in [0.717, 1.165) is 10.7 Å². The number of aromatic nitrogens is 4. The van der Waals surface area contributed by atoms with Crippen molar-refractivity contribution in [1.29, 1.82) is 0 Å². The second-order valence-electron chi connectivity index (χ2n) is 3.45. The normalized spacial score (nSPS) is 11.3. The number of imidazole rings is 2. The van der Waals surface area contributed by atoms with E-state index in [1.165, 1.54) is 15.9 Å². The molecular weight excluding hydrogens is 226 g/mol. The second kappa shape index (κ2) is 2.99. The lowest BCUT2D eigenvalue weighted by molar-refractivity contribution is 0.873. The summed E-state index contributed by atoms with van der Waals surface area (Å²) in [7, 11) is 1.63. The van der Waals surface area contributed by atoms with Gasteiger partial charge >= 0.3 is 5.69 Å². The van der Waals surface area contributed by atoms with Gasteiger partial charge in [-0.3, -0.25) is 8.97 Å². The first-order chi connectivity index (χ1) is 7.68. The van der Waals surface area contributed by atoms with E-state index in [1.54, 1.807) is 13.2 Å². The Hall–Kier alpha value is -2.02. The van der Waals surface area contributed by atoms with Crippen LogP contribution in [-0.2, 0) is 7.05 Å². The third kappa shape index (κ3) is 1.06. The van der Waals surface area contributed by atoms with E-state index in [1.807, 2.05) is 16.0 Å². The zero-order valence-electron chi connectivity index (χ0n) is 8.47. The molecule has 82 valence electrons. The molecule has 16 heavy (non-hydrogen) atoms. The van der Waals surface area contributed by atoms with Gasteiger partial charge in [-0.15, -0.1) is 11.3 Å². The maximum absolute atomic E-state index is 11.4. The molecule has 0 aliphatic carbocycles. The number of hydrogen-bond donors (Lipinski definition) is 2. The monoisotopic (exact) mass is 235 g/mol. The van der Waals surface area contributed by atoms with Crippen LogP contribution in [-0.4, -0.2) is 18.9 Å². The Kier molecular flexibility index (Phi) is 1.72. The number of nitrogens with two attached hydrogens (primary N) is 1. The van der Waals surface area contributed by atoms with Crippen molar-refractivity contribution in [3.05, 3.63) is 28.3 Å². The van der Waals surface area contributed by atoms with Gasteiger partial charge in [0.05, 0.1) is 11.9 Å². The van der Waals surface area contributed by atoms with Crippen LogP contribution in [0.2, 0.25) is 0 Å². The summed E-state index contributed by atoms with van der Waals surface area (Å²) < 4.78 is 3.27. The number of fused-ring (bicyclic) bond motifs is 1. The first-order valence-electron chi connectivity index (χ1n) is 4.64. The maximum Gasteiger partial charge on any atom is 0.327 e. The van der Waals surface area contributed by atoms with Crippen LogP contribution < -0.4 is 11.4 Å². The summed E-state index contributed by atoms with van der Waals surface area (Å²) in [5.41, 5.74) is 7.03. The minimum Gasteiger partial charge on any atom is -0.383 e. The summed E-state index contributed by atoms with van der Waals surface area (Å²) in [5.74, 6) is 0.415. The highest BCUT2D eigenvalue weighted by Crippen LogP contribution is 2.24. The molecule has 0 saturated carbocycles. The van der Waals surface area contributed by atoms with Crippen LogP contribution in [0, 0.1) is 0 Å². The number of rotatable bonds is 1. The molecule has 3 rings (SSSR count). The molecule has 3 aromatic heterocycles. The van der Waals surface area contributed by atoms with Gasteiger partial charge in [0.15, 0.2) is 4.96 Å². The van der Waals surface area contributed by atoms with Crippen LogP contribution in [0.1, 0.15) is 0 Å². The molecule has 0 amide bonds. The van der Waals surface area contributed by atoms with Crippen molar-refractivity contribution in [2.75, 3.05) is 5.73 Å². The molecule has 0 unspecified atom stereocenters. The van der Waals surface area contributed by atoms with Crippen molar-refractivity contribution in [2.45, 2.75) is 0 Å². The van der Waals surface area contributed by atoms with Crippen LogP contribution in [0.3, 0.4) is 0 Å². The zero-order valence-corrected chi connectivity index (χ0v) is 9.28. The molecule has 0 radical (unpaired) electrons. The van der Waals surface area contributed by atoms with Gasteiger partial charge in [-0.1, -0.05) is 0 Å². The van der Waals surface area contributed by atoms with E-state index in [4.69, 9.17) is 5.73 Å². The predicted octanol–water partition coefficient (Wildman–Crippen LogP) is 0.672. The molecule has 0 bridgehead atoms. The van der Waals surface area contributed by atoms with E-state index in [2.05, 4.69) is 9.97 Å². The Bertz CT molecular complexity index is 716. The van der Waals surface area contributed by atoms with Crippen molar-refractivity contribution in [3.63, 3.8) is 0 Å². The molecule has 3 N–H and O–H groups in total. The Balaban J connectivity index is 2.35. The Morgan fingerprint density at radius 2 is 2.38 bits per heavy atom. The van der Waals surface area contributed by atoms with Gasteiger partial charge in [0.2, 0.25) is 0 Å². The largest absolute Gasteiger partial charge is 0.383 e. The lowest BCUT2D eigenvalue weighted by Crippen LogP contribution is -2.13. The third-order valence-electron chi connectivity index (χ3n) is 2.56. The fraction of sp³-hybridized carbons (Fsp3) is 0.111. The number of nitrogens with one attached hydrogen (secondary N) is 1.